The highest BCUT2D eigenvalue weighted by Gasteiger charge is 2.19. The minimum atomic E-state index is -3.66. The third-order valence-electron chi connectivity index (χ3n) is 2.93. The van der Waals surface area contributed by atoms with E-state index in [1.165, 1.54) is 18.5 Å². The van der Waals surface area contributed by atoms with Crippen LogP contribution in [0, 0.1) is 0 Å². The number of benzene rings is 1. The van der Waals surface area contributed by atoms with Crippen LogP contribution in [0.15, 0.2) is 47.6 Å². The fourth-order valence-corrected chi connectivity index (χ4v) is 3.03. The Morgan fingerprint density at radius 1 is 1.25 bits per heavy atom. The highest BCUT2D eigenvalue weighted by atomic mass is 32.2. The smallest absolute Gasteiger partial charge is 0.263 e. The third kappa shape index (κ3) is 2.35. The first kappa shape index (κ1) is 12.6. The molecule has 7 heteroatoms. The molecule has 1 amide bonds. The summed E-state index contributed by atoms with van der Waals surface area (Å²) in [6, 6.07) is 7.97. The molecule has 1 aliphatic rings. The number of aromatic nitrogens is 1. The lowest BCUT2D eigenvalue weighted by Crippen LogP contribution is -2.13. The van der Waals surface area contributed by atoms with Gasteiger partial charge in [0.1, 0.15) is 4.90 Å². The van der Waals surface area contributed by atoms with E-state index < -0.39 is 10.0 Å². The zero-order valence-corrected chi connectivity index (χ0v) is 11.1. The number of nitrogens with zero attached hydrogens (tertiary/aromatic N) is 1. The molecule has 2 heterocycles. The molecular formula is C13H11N3O3S. The lowest BCUT2D eigenvalue weighted by atomic mass is 10.1. The average molecular weight is 289 g/mol. The largest absolute Gasteiger partial charge is 0.326 e. The van der Waals surface area contributed by atoms with Gasteiger partial charge >= 0.3 is 0 Å². The molecule has 1 aliphatic heterocycles. The van der Waals surface area contributed by atoms with Crippen LogP contribution in [0.4, 0.5) is 11.4 Å². The van der Waals surface area contributed by atoms with Crippen LogP contribution in [0.3, 0.4) is 0 Å². The van der Waals surface area contributed by atoms with Crippen molar-refractivity contribution in [2.75, 3.05) is 10.0 Å². The van der Waals surface area contributed by atoms with Gasteiger partial charge in [-0.2, -0.15) is 0 Å². The lowest BCUT2D eigenvalue weighted by Gasteiger charge is -2.08. The standard InChI is InChI=1S/C13H11N3O3S/c17-13-7-9-6-10(3-4-12(9)15-13)16-20(18,19)11-2-1-5-14-8-11/h1-6,8,16H,7H2,(H,15,17). The van der Waals surface area contributed by atoms with Crippen molar-refractivity contribution in [3.63, 3.8) is 0 Å². The lowest BCUT2D eigenvalue weighted by molar-refractivity contribution is -0.115. The van der Waals surface area contributed by atoms with Gasteiger partial charge < -0.3 is 5.32 Å². The zero-order valence-electron chi connectivity index (χ0n) is 10.3. The number of fused-ring (bicyclic) bond motifs is 1. The molecule has 0 aliphatic carbocycles. The molecule has 6 nitrogen and oxygen atoms in total. The van der Waals surface area contributed by atoms with Gasteiger partial charge in [0.25, 0.3) is 10.0 Å². The molecule has 0 saturated carbocycles. The highest BCUT2D eigenvalue weighted by molar-refractivity contribution is 7.92. The Bertz CT molecular complexity index is 773. The molecule has 1 aromatic carbocycles. The Kier molecular flexibility index (Phi) is 2.90. The molecule has 2 aromatic rings. The first-order chi connectivity index (χ1) is 9.54. The summed E-state index contributed by atoms with van der Waals surface area (Å²) in [5.74, 6) is -0.0905. The van der Waals surface area contributed by atoms with Crippen molar-refractivity contribution in [3.05, 3.63) is 48.3 Å². The van der Waals surface area contributed by atoms with Crippen molar-refractivity contribution in [1.29, 1.82) is 0 Å². The van der Waals surface area contributed by atoms with E-state index in [-0.39, 0.29) is 17.2 Å². The van der Waals surface area contributed by atoms with Crippen LogP contribution in [-0.2, 0) is 21.2 Å². The van der Waals surface area contributed by atoms with Crippen LogP contribution in [0.2, 0.25) is 0 Å². The van der Waals surface area contributed by atoms with E-state index in [2.05, 4.69) is 15.0 Å². The molecule has 1 aromatic heterocycles. The minimum absolute atomic E-state index is 0.0905. The third-order valence-corrected chi connectivity index (χ3v) is 4.29. The zero-order chi connectivity index (χ0) is 14.2. The summed E-state index contributed by atoms with van der Waals surface area (Å²) in [5, 5.41) is 2.69. The monoisotopic (exact) mass is 289 g/mol. The number of carbonyl (C=O) groups excluding carboxylic acids is 1. The summed E-state index contributed by atoms with van der Waals surface area (Å²) in [5.41, 5.74) is 1.92. The number of nitrogens with one attached hydrogen (secondary N) is 2. The Morgan fingerprint density at radius 3 is 2.85 bits per heavy atom. The van der Waals surface area contributed by atoms with Crippen LogP contribution in [0.1, 0.15) is 5.56 Å². The SMILES string of the molecule is O=C1Cc2cc(NS(=O)(=O)c3cccnc3)ccc2N1. The van der Waals surface area contributed by atoms with Crippen molar-refractivity contribution in [2.45, 2.75) is 11.3 Å². The summed E-state index contributed by atoms with van der Waals surface area (Å²) < 4.78 is 26.7. The van der Waals surface area contributed by atoms with E-state index in [0.717, 1.165) is 11.3 Å². The van der Waals surface area contributed by atoms with E-state index in [1.807, 2.05) is 0 Å². The predicted molar refractivity (Wildman–Crippen MR) is 73.8 cm³/mol. The molecular weight excluding hydrogens is 278 g/mol. The van der Waals surface area contributed by atoms with Gasteiger partial charge in [0.15, 0.2) is 0 Å². The molecule has 0 saturated heterocycles. The van der Waals surface area contributed by atoms with E-state index in [9.17, 15) is 13.2 Å². The summed E-state index contributed by atoms with van der Waals surface area (Å²) in [6.07, 6.45) is 3.05. The van der Waals surface area contributed by atoms with Gasteiger partial charge in [0, 0.05) is 23.8 Å². The molecule has 0 atom stereocenters. The number of carbonyl (C=O) groups is 1. The number of hydrogen-bond donors (Lipinski definition) is 2. The maximum Gasteiger partial charge on any atom is 0.263 e. The Labute approximate surface area is 115 Å². The van der Waals surface area contributed by atoms with Crippen LogP contribution >= 0.6 is 0 Å². The van der Waals surface area contributed by atoms with Gasteiger partial charge in [-0.05, 0) is 35.9 Å². The van der Waals surface area contributed by atoms with Gasteiger partial charge in [0.05, 0.1) is 6.42 Å². The van der Waals surface area contributed by atoms with Crippen molar-refractivity contribution in [2.24, 2.45) is 0 Å². The van der Waals surface area contributed by atoms with Crippen LogP contribution in [-0.4, -0.2) is 19.3 Å². The van der Waals surface area contributed by atoms with Gasteiger partial charge in [-0.3, -0.25) is 14.5 Å². The van der Waals surface area contributed by atoms with Crippen molar-refractivity contribution in [1.82, 2.24) is 4.98 Å². The number of hydrogen-bond acceptors (Lipinski definition) is 4. The predicted octanol–water partition coefficient (Wildman–Crippen LogP) is 1.38. The molecule has 102 valence electrons. The topological polar surface area (TPSA) is 88.2 Å². The normalized spacial score (nSPS) is 13.7. The minimum Gasteiger partial charge on any atom is -0.326 e. The van der Waals surface area contributed by atoms with Crippen molar-refractivity contribution < 1.29 is 13.2 Å². The molecule has 0 bridgehead atoms. The molecule has 0 fully saturated rings. The summed E-state index contributed by atoms with van der Waals surface area (Å²) in [7, 11) is -3.66. The number of sulfonamides is 1. The van der Waals surface area contributed by atoms with E-state index in [4.69, 9.17) is 0 Å². The fraction of sp³-hybridized carbons (Fsp3) is 0.0769. The van der Waals surface area contributed by atoms with Gasteiger partial charge in [-0.25, -0.2) is 8.42 Å². The Morgan fingerprint density at radius 2 is 2.10 bits per heavy atom. The number of rotatable bonds is 3. The first-order valence-corrected chi connectivity index (χ1v) is 7.38. The maximum absolute atomic E-state index is 12.1. The second-order valence-electron chi connectivity index (χ2n) is 4.39. The van der Waals surface area contributed by atoms with E-state index >= 15 is 0 Å². The second-order valence-corrected chi connectivity index (χ2v) is 6.07. The van der Waals surface area contributed by atoms with Gasteiger partial charge in [0.2, 0.25) is 5.91 Å². The van der Waals surface area contributed by atoms with Crippen LogP contribution in [0.5, 0.6) is 0 Å². The number of pyridine rings is 1. The number of amides is 1. The fourth-order valence-electron chi connectivity index (χ4n) is 2.01. The molecule has 0 radical (unpaired) electrons. The van der Waals surface area contributed by atoms with E-state index in [1.54, 1.807) is 24.3 Å². The van der Waals surface area contributed by atoms with Gasteiger partial charge in [-0.1, -0.05) is 0 Å². The Balaban J connectivity index is 1.89. The summed E-state index contributed by atoms with van der Waals surface area (Å²) >= 11 is 0. The second kappa shape index (κ2) is 4.61. The van der Waals surface area contributed by atoms with Crippen molar-refractivity contribution in [3.8, 4) is 0 Å². The van der Waals surface area contributed by atoms with Crippen molar-refractivity contribution >= 4 is 27.3 Å². The molecule has 0 spiro atoms. The van der Waals surface area contributed by atoms with Crippen LogP contribution < -0.4 is 10.0 Å². The maximum atomic E-state index is 12.1. The first-order valence-electron chi connectivity index (χ1n) is 5.90. The quantitative estimate of drug-likeness (QED) is 0.893. The van der Waals surface area contributed by atoms with E-state index in [0.29, 0.717) is 5.69 Å². The summed E-state index contributed by atoms with van der Waals surface area (Å²) in [6.45, 7) is 0. The average Bonchev–Trinajstić information content (AvgIpc) is 2.79. The molecule has 0 unspecified atom stereocenters. The Hall–Kier alpha value is -2.41. The van der Waals surface area contributed by atoms with Gasteiger partial charge in [-0.15, -0.1) is 0 Å². The highest BCUT2D eigenvalue weighted by Crippen LogP contribution is 2.27. The summed E-state index contributed by atoms with van der Waals surface area (Å²) in [4.78, 5) is 15.1. The molecule has 3 rings (SSSR count). The van der Waals surface area contributed by atoms with Crippen LogP contribution in [0.25, 0.3) is 0 Å². The number of anilines is 2. The molecule has 20 heavy (non-hydrogen) atoms. The molecule has 2 N–H and O–H groups in total.